The molecule has 2 amide bonds. The topological polar surface area (TPSA) is 72.5 Å². The van der Waals surface area contributed by atoms with Crippen LogP contribution in [0.25, 0.3) is 6.08 Å². The lowest BCUT2D eigenvalue weighted by atomic mass is 9.86. The molecule has 1 aliphatic carbocycles. The number of carbonyl (C=O) groups excluding carboxylic acids is 3. The number of hydrogen-bond donors (Lipinski definition) is 1. The minimum atomic E-state index is -0.422. The van der Waals surface area contributed by atoms with Crippen LogP contribution in [0.4, 0.5) is 4.79 Å². The third kappa shape index (κ3) is 5.84. The van der Waals surface area contributed by atoms with Gasteiger partial charge in [0.2, 0.25) is 0 Å². The highest BCUT2D eigenvalue weighted by Gasteiger charge is 2.25. The van der Waals surface area contributed by atoms with Gasteiger partial charge in [0, 0.05) is 6.42 Å². The third-order valence-corrected chi connectivity index (χ3v) is 5.94. The van der Waals surface area contributed by atoms with E-state index in [0.29, 0.717) is 27.7 Å². The van der Waals surface area contributed by atoms with Crippen LogP contribution in [0, 0.1) is 5.92 Å². The lowest BCUT2D eigenvalue weighted by Crippen LogP contribution is -2.17. The van der Waals surface area contributed by atoms with Crippen molar-refractivity contribution in [2.24, 2.45) is 5.92 Å². The van der Waals surface area contributed by atoms with Crippen molar-refractivity contribution in [3.63, 3.8) is 0 Å². The highest BCUT2D eigenvalue weighted by atomic mass is 35.5. The molecule has 5 nitrogen and oxygen atoms in total. The van der Waals surface area contributed by atoms with Crippen LogP contribution in [0.2, 0.25) is 5.02 Å². The van der Waals surface area contributed by atoms with E-state index >= 15 is 0 Å². The number of ether oxygens (including phenoxy) is 1. The van der Waals surface area contributed by atoms with Crippen molar-refractivity contribution >= 4 is 46.6 Å². The second kappa shape index (κ2) is 9.42. The lowest BCUT2D eigenvalue weighted by Gasteiger charge is -2.20. The van der Waals surface area contributed by atoms with Crippen molar-refractivity contribution in [2.75, 3.05) is 0 Å². The predicted molar refractivity (Wildman–Crippen MR) is 107 cm³/mol. The van der Waals surface area contributed by atoms with Gasteiger partial charge in [-0.15, -0.1) is 0 Å². The van der Waals surface area contributed by atoms with Gasteiger partial charge < -0.3 is 4.74 Å². The van der Waals surface area contributed by atoms with Crippen molar-refractivity contribution in [3.05, 3.63) is 33.7 Å². The zero-order chi connectivity index (χ0) is 19.2. The van der Waals surface area contributed by atoms with Crippen molar-refractivity contribution in [1.29, 1.82) is 0 Å². The summed E-state index contributed by atoms with van der Waals surface area (Å²) in [5, 5.41) is 2.10. The molecule has 1 N–H and O–H groups in total. The van der Waals surface area contributed by atoms with Gasteiger partial charge in [-0.2, -0.15) is 0 Å². The molecule has 1 aliphatic heterocycles. The van der Waals surface area contributed by atoms with Crippen LogP contribution in [0.1, 0.15) is 56.9 Å². The van der Waals surface area contributed by atoms with Crippen LogP contribution < -0.4 is 10.1 Å². The van der Waals surface area contributed by atoms with E-state index in [9.17, 15) is 14.4 Å². The molecule has 27 heavy (non-hydrogen) atoms. The summed E-state index contributed by atoms with van der Waals surface area (Å²) < 4.78 is 5.37. The number of esters is 1. The molecule has 3 rings (SSSR count). The van der Waals surface area contributed by atoms with Gasteiger partial charge in [-0.25, -0.2) is 0 Å². The number of benzene rings is 1. The van der Waals surface area contributed by atoms with Gasteiger partial charge in [0.05, 0.1) is 9.93 Å². The molecule has 1 heterocycles. The van der Waals surface area contributed by atoms with E-state index in [-0.39, 0.29) is 5.97 Å². The maximum atomic E-state index is 12.1. The fraction of sp³-hybridized carbons (Fsp3) is 0.450. The molecule has 0 aromatic heterocycles. The molecule has 144 valence electrons. The van der Waals surface area contributed by atoms with Crippen molar-refractivity contribution in [1.82, 2.24) is 5.32 Å². The summed E-state index contributed by atoms with van der Waals surface area (Å²) in [7, 11) is 0. The minimum Gasteiger partial charge on any atom is -0.425 e. The molecule has 1 saturated carbocycles. The molecular weight excluding hydrogens is 386 g/mol. The number of rotatable bonds is 6. The number of imide groups is 1. The SMILES string of the molecule is O=C(CCCC1CCCCC1)Oc1ccc(/C=C2\SC(=O)NC2=O)cc1Cl. The molecule has 2 aliphatic rings. The predicted octanol–water partition coefficient (Wildman–Crippen LogP) is 5.32. The molecule has 0 radical (unpaired) electrons. The van der Waals surface area contributed by atoms with Crippen LogP contribution >= 0.6 is 23.4 Å². The highest BCUT2D eigenvalue weighted by Crippen LogP contribution is 2.31. The van der Waals surface area contributed by atoms with Crippen LogP contribution in [0.3, 0.4) is 0 Å². The zero-order valence-electron chi connectivity index (χ0n) is 15.0. The summed E-state index contributed by atoms with van der Waals surface area (Å²) in [4.78, 5) is 35.1. The third-order valence-electron chi connectivity index (χ3n) is 4.84. The second-order valence-electron chi connectivity index (χ2n) is 6.91. The molecule has 2 fully saturated rings. The van der Waals surface area contributed by atoms with Gasteiger partial charge >= 0.3 is 5.97 Å². The van der Waals surface area contributed by atoms with Crippen LogP contribution in [0.15, 0.2) is 23.1 Å². The van der Waals surface area contributed by atoms with Crippen molar-refractivity contribution < 1.29 is 19.1 Å². The van der Waals surface area contributed by atoms with Crippen molar-refractivity contribution in [2.45, 2.75) is 51.4 Å². The summed E-state index contributed by atoms with van der Waals surface area (Å²) in [6, 6.07) is 4.91. The Kier molecular flexibility index (Phi) is 6.96. The molecule has 0 spiro atoms. The molecule has 1 aromatic carbocycles. The monoisotopic (exact) mass is 407 g/mol. The van der Waals surface area contributed by atoms with E-state index in [2.05, 4.69) is 5.32 Å². The average molecular weight is 408 g/mol. The number of thioether (sulfide) groups is 1. The summed E-state index contributed by atoms with van der Waals surface area (Å²) in [6.45, 7) is 0. The highest BCUT2D eigenvalue weighted by molar-refractivity contribution is 8.18. The Balaban J connectivity index is 1.51. The Morgan fingerprint density at radius 1 is 1.26 bits per heavy atom. The van der Waals surface area contributed by atoms with Crippen LogP contribution in [-0.4, -0.2) is 17.1 Å². The van der Waals surface area contributed by atoms with Gasteiger partial charge in [0.1, 0.15) is 5.75 Å². The van der Waals surface area contributed by atoms with Crippen LogP contribution in [-0.2, 0) is 9.59 Å². The summed E-state index contributed by atoms with van der Waals surface area (Å²) in [5.74, 6) is 0.353. The number of nitrogens with one attached hydrogen (secondary N) is 1. The second-order valence-corrected chi connectivity index (χ2v) is 8.33. The summed E-state index contributed by atoms with van der Waals surface area (Å²) in [5.41, 5.74) is 0.657. The normalized spacial score (nSPS) is 19.4. The molecule has 1 saturated heterocycles. The van der Waals surface area contributed by atoms with Gasteiger partial charge in [0.25, 0.3) is 11.1 Å². The molecule has 1 aromatic rings. The maximum absolute atomic E-state index is 12.1. The Bertz CT molecular complexity index is 771. The average Bonchev–Trinajstić information content (AvgIpc) is 2.95. The number of carbonyl (C=O) groups is 3. The van der Waals surface area contributed by atoms with Crippen molar-refractivity contribution in [3.8, 4) is 5.75 Å². The Labute approximate surface area is 167 Å². The Hall–Kier alpha value is -1.79. The fourth-order valence-electron chi connectivity index (χ4n) is 3.45. The fourth-order valence-corrected chi connectivity index (χ4v) is 4.36. The summed E-state index contributed by atoms with van der Waals surface area (Å²) in [6.07, 6.45) is 10.4. The van der Waals surface area contributed by atoms with Gasteiger partial charge in [0.15, 0.2) is 0 Å². The first-order chi connectivity index (χ1) is 13.0. The standard InChI is InChI=1S/C20H22ClNO4S/c21-15-11-14(12-17-19(24)22-20(25)27-17)9-10-16(15)26-18(23)8-4-7-13-5-2-1-3-6-13/h9-13H,1-8H2,(H,22,24,25)/b17-12-. The maximum Gasteiger partial charge on any atom is 0.311 e. The number of halogens is 1. The summed E-state index contributed by atoms with van der Waals surface area (Å²) >= 11 is 7.04. The first kappa shape index (κ1) is 20.0. The Morgan fingerprint density at radius 2 is 2.04 bits per heavy atom. The molecule has 0 unspecified atom stereocenters. The van der Waals surface area contributed by atoms with Crippen LogP contribution in [0.5, 0.6) is 5.75 Å². The molecule has 0 atom stereocenters. The van der Waals surface area contributed by atoms with E-state index in [1.165, 1.54) is 32.1 Å². The zero-order valence-corrected chi connectivity index (χ0v) is 16.5. The molecule has 7 heteroatoms. The van der Waals surface area contributed by atoms with Gasteiger partial charge in [-0.1, -0.05) is 49.8 Å². The number of amides is 2. The van der Waals surface area contributed by atoms with E-state index < -0.39 is 11.1 Å². The molecule has 0 bridgehead atoms. The minimum absolute atomic E-state index is 0.282. The van der Waals surface area contributed by atoms with Gasteiger partial charge in [-0.3, -0.25) is 19.7 Å². The number of hydrogen-bond acceptors (Lipinski definition) is 5. The lowest BCUT2D eigenvalue weighted by molar-refractivity contribution is -0.134. The van der Waals surface area contributed by atoms with E-state index in [1.54, 1.807) is 24.3 Å². The first-order valence-corrected chi connectivity index (χ1v) is 10.5. The smallest absolute Gasteiger partial charge is 0.311 e. The first-order valence-electron chi connectivity index (χ1n) is 9.26. The molecular formula is C20H22ClNO4S. The van der Waals surface area contributed by atoms with E-state index in [1.807, 2.05) is 0 Å². The Morgan fingerprint density at radius 3 is 2.70 bits per heavy atom. The quantitative estimate of drug-likeness (QED) is 0.392. The largest absolute Gasteiger partial charge is 0.425 e. The van der Waals surface area contributed by atoms with Gasteiger partial charge in [-0.05, 0) is 54.3 Å². The van der Waals surface area contributed by atoms with E-state index in [4.69, 9.17) is 16.3 Å². The van der Waals surface area contributed by atoms with E-state index in [0.717, 1.165) is 30.5 Å².